The molecule has 0 aliphatic rings. The smallest absolute Gasteiger partial charge is 0.230 e. The summed E-state index contributed by atoms with van der Waals surface area (Å²) in [7, 11) is 1.63. The summed E-state index contributed by atoms with van der Waals surface area (Å²) in [5, 5.41) is 12.5. The predicted molar refractivity (Wildman–Crippen MR) is 135 cm³/mol. The van der Waals surface area contributed by atoms with Gasteiger partial charge in [-0.2, -0.15) is 0 Å². The van der Waals surface area contributed by atoms with Crippen molar-refractivity contribution in [1.82, 2.24) is 20.1 Å². The zero-order valence-electron chi connectivity index (χ0n) is 20.0. The molecule has 0 spiro atoms. The Hall–Kier alpha value is -3.00. The van der Waals surface area contributed by atoms with E-state index in [1.807, 2.05) is 35.8 Å². The number of nitrogens with zero attached hydrogens (tertiary/aromatic N) is 4. The highest BCUT2D eigenvalue weighted by Gasteiger charge is 2.17. The Morgan fingerprint density at radius 1 is 1.09 bits per heavy atom. The molecule has 33 heavy (non-hydrogen) atoms. The number of hydrogen-bond acceptors (Lipinski definition) is 6. The molecule has 0 saturated carbocycles. The van der Waals surface area contributed by atoms with E-state index >= 15 is 0 Å². The van der Waals surface area contributed by atoms with Crippen molar-refractivity contribution in [2.75, 3.05) is 30.9 Å². The van der Waals surface area contributed by atoms with Gasteiger partial charge in [-0.05, 0) is 58.0 Å². The quantitative estimate of drug-likeness (QED) is 0.409. The summed E-state index contributed by atoms with van der Waals surface area (Å²) in [6.45, 7) is 11.0. The molecule has 0 fully saturated rings. The Kier molecular flexibility index (Phi) is 8.77. The van der Waals surface area contributed by atoms with Gasteiger partial charge in [-0.3, -0.25) is 4.79 Å². The maximum absolute atomic E-state index is 12.6. The van der Waals surface area contributed by atoms with Gasteiger partial charge in [0.1, 0.15) is 5.75 Å². The predicted octanol–water partition coefficient (Wildman–Crippen LogP) is 4.79. The lowest BCUT2D eigenvalue weighted by molar-refractivity contribution is -0.119. The van der Waals surface area contributed by atoms with Crippen LogP contribution in [-0.2, 0) is 11.3 Å². The summed E-state index contributed by atoms with van der Waals surface area (Å²) in [6.07, 6.45) is 0. The summed E-state index contributed by atoms with van der Waals surface area (Å²) < 4.78 is 7.45. The second kappa shape index (κ2) is 11.7. The number of benzene rings is 2. The van der Waals surface area contributed by atoms with Crippen LogP contribution < -0.4 is 15.0 Å². The molecule has 2 aromatic carbocycles. The summed E-state index contributed by atoms with van der Waals surface area (Å²) in [5.74, 6) is 1.78. The van der Waals surface area contributed by atoms with Gasteiger partial charge in [-0.25, -0.2) is 0 Å². The number of amides is 1. The Bertz CT molecular complexity index is 1050. The van der Waals surface area contributed by atoms with Crippen LogP contribution in [-0.4, -0.2) is 46.6 Å². The van der Waals surface area contributed by atoms with Gasteiger partial charge >= 0.3 is 0 Å². The third-order valence-electron chi connectivity index (χ3n) is 5.60. The van der Waals surface area contributed by atoms with Crippen LogP contribution in [0.25, 0.3) is 11.4 Å². The molecule has 176 valence electrons. The number of nitrogens with one attached hydrogen (secondary N) is 1. The lowest BCUT2D eigenvalue weighted by atomic mass is 10.1. The SMILES string of the molecule is CCN(CC)c1ccc(-c2nnc(SCC(=O)NC(C)c3ccccc3OC)n2CC)cc1. The first-order valence-corrected chi connectivity index (χ1v) is 12.3. The van der Waals surface area contributed by atoms with Crippen molar-refractivity contribution in [3.8, 4) is 17.1 Å². The van der Waals surface area contributed by atoms with Crippen LogP contribution in [0.2, 0.25) is 0 Å². The normalized spacial score (nSPS) is 11.8. The molecule has 0 bridgehead atoms. The van der Waals surface area contributed by atoms with Gasteiger partial charge < -0.3 is 19.5 Å². The molecular weight excluding hydrogens is 434 g/mol. The number of thioether (sulfide) groups is 1. The van der Waals surface area contributed by atoms with Gasteiger partial charge in [0.25, 0.3) is 0 Å². The first kappa shape index (κ1) is 24.6. The van der Waals surface area contributed by atoms with Gasteiger partial charge in [0.15, 0.2) is 11.0 Å². The van der Waals surface area contributed by atoms with Crippen molar-refractivity contribution in [3.05, 3.63) is 54.1 Å². The van der Waals surface area contributed by atoms with E-state index in [0.29, 0.717) is 0 Å². The Morgan fingerprint density at radius 3 is 2.42 bits per heavy atom. The van der Waals surface area contributed by atoms with E-state index in [0.717, 1.165) is 47.5 Å². The van der Waals surface area contributed by atoms with Crippen molar-refractivity contribution >= 4 is 23.4 Å². The van der Waals surface area contributed by atoms with Crippen LogP contribution in [0.4, 0.5) is 5.69 Å². The van der Waals surface area contributed by atoms with Gasteiger partial charge in [0.05, 0.1) is 18.9 Å². The van der Waals surface area contributed by atoms with E-state index in [1.54, 1.807) is 7.11 Å². The largest absolute Gasteiger partial charge is 0.496 e. The molecule has 1 N–H and O–H groups in total. The maximum atomic E-state index is 12.6. The third kappa shape index (κ3) is 5.87. The minimum absolute atomic E-state index is 0.0609. The highest BCUT2D eigenvalue weighted by molar-refractivity contribution is 7.99. The molecule has 0 aliphatic heterocycles. The van der Waals surface area contributed by atoms with E-state index in [1.165, 1.54) is 17.4 Å². The molecule has 3 rings (SSSR count). The second-order valence-corrected chi connectivity index (χ2v) is 8.53. The summed E-state index contributed by atoms with van der Waals surface area (Å²) in [5.41, 5.74) is 3.16. The minimum Gasteiger partial charge on any atom is -0.496 e. The molecule has 0 radical (unpaired) electrons. The summed E-state index contributed by atoms with van der Waals surface area (Å²) >= 11 is 1.40. The lowest BCUT2D eigenvalue weighted by Gasteiger charge is -2.21. The van der Waals surface area contributed by atoms with Crippen LogP contribution in [0.15, 0.2) is 53.7 Å². The molecule has 3 aromatic rings. The third-order valence-corrected chi connectivity index (χ3v) is 6.57. The van der Waals surface area contributed by atoms with E-state index in [2.05, 4.69) is 65.5 Å². The Morgan fingerprint density at radius 2 is 1.79 bits per heavy atom. The number of aromatic nitrogens is 3. The number of rotatable bonds is 11. The number of para-hydroxylation sites is 1. The first-order valence-electron chi connectivity index (χ1n) is 11.4. The van der Waals surface area contributed by atoms with Gasteiger partial charge in [0.2, 0.25) is 5.91 Å². The van der Waals surface area contributed by atoms with Crippen molar-refractivity contribution in [2.24, 2.45) is 0 Å². The number of hydrogen-bond donors (Lipinski definition) is 1. The van der Waals surface area contributed by atoms with Crippen LogP contribution in [0.5, 0.6) is 5.75 Å². The maximum Gasteiger partial charge on any atom is 0.230 e. The summed E-state index contributed by atoms with van der Waals surface area (Å²) in [4.78, 5) is 14.9. The van der Waals surface area contributed by atoms with Crippen molar-refractivity contribution in [1.29, 1.82) is 0 Å². The number of carbonyl (C=O) groups excluding carboxylic acids is 1. The van der Waals surface area contributed by atoms with Crippen LogP contribution in [0.1, 0.15) is 39.3 Å². The Balaban J connectivity index is 1.66. The number of ether oxygens (including phenoxy) is 1. The van der Waals surface area contributed by atoms with E-state index < -0.39 is 0 Å². The van der Waals surface area contributed by atoms with Crippen molar-refractivity contribution in [3.63, 3.8) is 0 Å². The topological polar surface area (TPSA) is 72.3 Å². The molecular formula is C25H33N5O2S. The average Bonchev–Trinajstić information content (AvgIpc) is 3.26. The van der Waals surface area contributed by atoms with E-state index in [4.69, 9.17) is 4.74 Å². The zero-order valence-corrected chi connectivity index (χ0v) is 20.9. The molecule has 1 unspecified atom stereocenters. The molecule has 1 atom stereocenters. The minimum atomic E-state index is -0.154. The van der Waals surface area contributed by atoms with Crippen molar-refractivity contribution < 1.29 is 9.53 Å². The Labute approximate surface area is 200 Å². The molecule has 8 heteroatoms. The van der Waals surface area contributed by atoms with Crippen LogP contribution in [0.3, 0.4) is 0 Å². The fourth-order valence-corrected chi connectivity index (χ4v) is 4.63. The average molecular weight is 468 g/mol. The highest BCUT2D eigenvalue weighted by atomic mass is 32.2. The lowest BCUT2D eigenvalue weighted by Crippen LogP contribution is -2.28. The van der Waals surface area contributed by atoms with E-state index in [9.17, 15) is 4.79 Å². The van der Waals surface area contributed by atoms with Crippen LogP contribution >= 0.6 is 11.8 Å². The number of carbonyl (C=O) groups is 1. The number of anilines is 1. The molecule has 1 amide bonds. The molecule has 7 nitrogen and oxygen atoms in total. The van der Waals surface area contributed by atoms with Crippen molar-refractivity contribution in [2.45, 2.75) is 45.4 Å². The monoisotopic (exact) mass is 467 g/mol. The fourth-order valence-electron chi connectivity index (χ4n) is 3.82. The fraction of sp³-hybridized carbons (Fsp3) is 0.400. The first-order chi connectivity index (χ1) is 16.0. The van der Waals surface area contributed by atoms with Gasteiger partial charge in [-0.1, -0.05) is 30.0 Å². The van der Waals surface area contributed by atoms with Gasteiger partial charge in [0, 0.05) is 36.4 Å². The standard InChI is InChI=1S/C25H33N5O2S/c1-6-29(7-2)20-15-13-19(14-16-20)24-27-28-25(30(24)8-3)33-17-23(31)26-18(4)21-11-9-10-12-22(21)32-5/h9-16,18H,6-8,17H2,1-5H3,(H,26,31). The molecule has 0 saturated heterocycles. The molecule has 1 heterocycles. The summed E-state index contributed by atoms with van der Waals surface area (Å²) in [6, 6.07) is 16.0. The van der Waals surface area contributed by atoms with Gasteiger partial charge in [-0.15, -0.1) is 10.2 Å². The highest BCUT2D eigenvalue weighted by Crippen LogP contribution is 2.27. The second-order valence-electron chi connectivity index (χ2n) is 7.59. The van der Waals surface area contributed by atoms with E-state index in [-0.39, 0.29) is 17.7 Å². The molecule has 1 aromatic heterocycles. The number of methoxy groups -OCH3 is 1. The van der Waals surface area contributed by atoms with Crippen LogP contribution in [0, 0.1) is 0 Å². The zero-order chi connectivity index (χ0) is 23.8. The molecule has 0 aliphatic carbocycles.